The Kier molecular flexibility index (Phi) is 5.51. The number of methoxy groups -OCH3 is 1. The van der Waals surface area contributed by atoms with Gasteiger partial charge in [-0.15, -0.1) is 0 Å². The van der Waals surface area contributed by atoms with Crippen LogP contribution in [0, 0.1) is 21.7 Å². The maximum Gasteiger partial charge on any atom is 0.308 e. The van der Waals surface area contributed by atoms with Gasteiger partial charge in [0, 0.05) is 20.2 Å². The number of nitro benzene ring substituents is 1. The second kappa shape index (κ2) is 6.90. The van der Waals surface area contributed by atoms with Crippen molar-refractivity contribution in [3.8, 4) is 0 Å². The van der Waals surface area contributed by atoms with Crippen molar-refractivity contribution in [2.45, 2.75) is 6.92 Å². The summed E-state index contributed by atoms with van der Waals surface area (Å²) < 4.78 is 32.0. The lowest BCUT2D eigenvalue weighted by Gasteiger charge is -2.20. The van der Waals surface area contributed by atoms with Crippen molar-refractivity contribution in [2.24, 2.45) is 0 Å². The van der Waals surface area contributed by atoms with Crippen LogP contribution in [0.5, 0.6) is 0 Å². The van der Waals surface area contributed by atoms with Crippen molar-refractivity contribution in [3.63, 3.8) is 0 Å². The van der Waals surface area contributed by atoms with E-state index in [1.54, 1.807) is 6.92 Å². The number of nitrogens with zero attached hydrogens (tertiary/aromatic N) is 2. The van der Waals surface area contributed by atoms with E-state index >= 15 is 0 Å². The van der Waals surface area contributed by atoms with E-state index in [0.717, 1.165) is 0 Å². The van der Waals surface area contributed by atoms with Gasteiger partial charge in [0.05, 0.1) is 23.2 Å². The number of rotatable bonds is 6. The zero-order valence-electron chi connectivity index (χ0n) is 11.1. The summed E-state index contributed by atoms with van der Waals surface area (Å²) in [5.41, 5.74) is -1.72. The fraction of sp³-hybridized carbons (Fsp3) is 0.417. The van der Waals surface area contributed by atoms with E-state index in [1.807, 2.05) is 0 Å². The van der Waals surface area contributed by atoms with Gasteiger partial charge < -0.3 is 9.64 Å². The molecule has 6 nitrogen and oxygen atoms in total. The van der Waals surface area contributed by atoms with E-state index in [4.69, 9.17) is 4.74 Å². The molecular formula is C12H14F2N2O4. The topological polar surface area (TPSA) is 72.7 Å². The molecule has 0 radical (unpaired) electrons. The molecule has 0 aromatic heterocycles. The van der Waals surface area contributed by atoms with Crippen LogP contribution in [0.15, 0.2) is 12.1 Å². The molecule has 0 aliphatic carbocycles. The molecule has 0 aliphatic rings. The predicted molar refractivity (Wildman–Crippen MR) is 66.5 cm³/mol. The predicted octanol–water partition coefficient (Wildman–Crippen LogP) is 1.98. The highest BCUT2D eigenvalue weighted by molar-refractivity contribution is 5.95. The van der Waals surface area contributed by atoms with Crippen LogP contribution in [-0.4, -0.2) is 42.5 Å². The molecule has 20 heavy (non-hydrogen) atoms. The molecule has 110 valence electrons. The summed E-state index contributed by atoms with van der Waals surface area (Å²) in [6, 6.07) is 1.09. The van der Waals surface area contributed by atoms with Crippen molar-refractivity contribution in [2.75, 3.05) is 26.8 Å². The number of carbonyl (C=O) groups is 1. The second-order valence-corrected chi connectivity index (χ2v) is 3.92. The van der Waals surface area contributed by atoms with Gasteiger partial charge in [-0.05, 0) is 13.0 Å². The van der Waals surface area contributed by atoms with Crippen LogP contribution in [-0.2, 0) is 4.74 Å². The van der Waals surface area contributed by atoms with Gasteiger partial charge in [0.1, 0.15) is 5.82 Å². The molecule has 1 amide bonds. The van der Waals surface area contributed by atoms with E-state index in [-0.39, 0.29) is 19.7 Å². The Bertz CT molecular complexity index is 522. The minimum atomic E-state index is -1.34. The number of benzene rings is 1. The van der Waals surface area contributed by atoms with E-state index in [1.165, 1.54) is 12.0 Å². The Morgan fingerprint density at radius 2 is 2.10 bits per heavy atom. The number of ether oxygens (including phenoxy) is 1. The zero-order valence-corrected chi connectivity index (χ0v) is 11.1. The minimum Gasteiger partial charge on any atom is -0.383 e. The summed E-state index contributed by atoms with van der Waals surface area (Å²) in [5, 5.41) is 10.6. The normalized spacial score (nSPS) is 10.4. The highest BCUT2D eigenvalue weighted by Gasteiger charge is 2.26. The summed E-state index contributed by atoms with van der Waals surface area (Å²) >= 11 is 0. The lowest BCUT2D eigenvalue weighted by Crippen LogP contribution is -2.34. The Hall–Kier alpha value is -2.09. The molecule has 0 aliphatic heterocycles. The molecule has 1 rings (SSSR count). The first kappa shape index (κ1) is 16.0. The van der Waals surface area contributed by atoms with Crippen molar-refractivity contribution >= 4 is 11.6 Å². The van der Waals surface area contributed by atoms with E-state index in [0.29, 0.717) is 12.1 Å². The van der Waals surface area contributed by atoms with E-state index < -0.39 is 33.7 Å². The van der Waals surface area contributed by atoms with Crippen LogP contribution in [0.2, 0.25) is 0 Å². The fourth-order valence-electron chi connectivity index (χ4n) is 1.64. The van der Waals surface area contributed by atoms with Gasteiger partial charge in [0.15, 0.2) is 0 Å². The summed E-state index contributed by atoms with van der Waals surface area (Å²) in [6.07, 6.45) is 0. The Morgan fingerprint density at radius 1 is 1.45 bits per heavy atom. The maximum absolute atomic E-state index is 13.9. The molecule has 0 fully saturated rings. The number of likely N-dealkylation sites (N-methyl/N-ethyl adjacent to an activating group) is 1. The molecule has 0 atom stereocenters. The largest absolute Gasteiger partial charge is 0.383 e. The van der Waals surface area contributed by atoms with Gasteiger partial charge in [-0.25, -0.2) is 4.39 Å². The molecule has 1 aromatic carbocycles. The average molecular weight is 288 g/mol. The summed E-state index contributed by atoms with van der Waals surface area (Å²) in [5.74, 6) is -3.19. The summed E-state index contributed by atoms with van der Waals surface area (Å²) in [7, 11) is 1.44. The lowest BCUT2D eigenvalue weighted by atomic mass is 10.1. The first-order valence-corrected chi connectivity index (χ1v) is 5.84. The third-order valence-corrected chi connectivity index (χ3v) is 2.68. The lowest BCUT2D eigenvalue weighted by molar-refractivity contribution is -0.387. The molecule has 0 bridgehead atoms. The first-order valence-electron chi connectivity index (χ1n) is 5.84. The average Bonchev–Trinajstić information content (AvgIpc) is 2.41. The quantitative estimate of drug-likeness (QED) is 0.592. The van der Waals surface area contributed by atoms with Gasteiger partial charge >= 0.3 is 5.69 Å². The van der Waals surface area contributed by atoms with Crippen LogP contribution in [0.1, 0.15) is 17.3 Å². The Balaban J connectivity index is 3.17. The molecule has 0 spiro atoms. The molecular weight excluding hydrogens is 274 g/mol. The highest BCUT2D eigenvalue weighted by Crippen LogP contribution is 2.23. The molecule has 0 unspecified atom stereocenters. The van der Waals surface area contributed by atoms with Crippen molar-refractivity contribution in [1.29, 1.82) is 0 Å². The van der Waals surface area contributed by atoms with Gasteiger partial charge in [-0.1, -0.05) is 0 Å². The number of amides is 1. The molecule has 0 saturated carbocycles. The SMILES string of the molecule is CCN(CCOC)C(=O)c1cc(F)cc([N+](=O)[O-])c1F. The Labute approximate surface area is 114 Å². The molecule has 0 N–H and O–H groups in total. The fourth-order valence-corrected chi connectivity index (χ4v) is 1.64. The number of carbonyl (C=O) groups excluding carboxylic acids is 1. The zero-order chi connectivity index (χ0) is 15.3. The van der Waals surface area contributed by atoms with E-state index in [9.17, 15) is 23.7 Å². The van der Waals surface area contributed by atoms with Gasteiger partial charge in [0.25, 0.3) is 5.91 Å². The van der Waals surface area contributed by atoms with Crippen molar-refractivity contribution < 1.29 is 23.2 Å². The Morgan fingerprint density at radius 3 is 2.60 bits per heavy atom. The number of hydrogen-bond acceptors (Lipinski definition) is 4. The maximum atomic E-state index is 13.9. The van der Waals surface area contributed by atoms with Crippen LogP contribution < -0.4 is 0 Å². The third kappa shape index (κ3) is 3.47. The standard InChI is InChI=1S/C12H14F2N2O4/c1-3-15(4-5-20-2)12(17)9-6-8(13)7-10(11(9)14)16(18)19/h6-7H,3-5H2,1-2H3. The third-order valence-electron chi connectivity index (χ3n) is 2.68. The summed E-state index contributed by atoms with van der Waals surface area (Å²) in [4.78, 5) is 22.8. The first-order chi connectivity index (χ1) is 9.42. The monoisotopic (exact) mass is 288 g/mol. The molecule has 8 heteroatoms. The summed E-state index contributed by atoms with van der Waals surface area (Å²) in [6.45, 7) is 2.29. The van der Waals surface area contributed by atoms with Crippen molar-refractivity contribution in [1.82, 2.24) is 4.90 Å². The van der Waals surface area contributed by atoms with Crippen LogP contribution in [0.4, 0.5) is 14.5 Å². The molecule has 1 aromatic rings. The van der Waals surface area contributed by atoms with Gasteiger partial charge in [-0.2, -0.15) is 4.39 Å². The molecule has 0 saturated heterocycles. The second-order valence-electron chi connectivity index (χ2n) is 3.92. The van der Waals surface area contributed by atoms with Gasteiger partial charge in [0.2, 0.25) is 5.82 Å². The molecule has 0 heterocycles. The number of halogens is 2. The van der Waals surface area contributed by atoms with Crippen LogP contribution in [0.25, 0.3) is 0 Å². The van der Waals surface area contributed by atoms with E-state index in [2.05, 4.69) is 0 Å². The number of hydrogen-bond donors (Lipinski definition) is 0. The number of nitro groups is 1. The minimum absolute atomic E-state index is 0.176. The van der Waals surface area contributed by atoms with Crippen LogP contribution >= 0.6 is 0 Å². The highest BCUT2D eigenvalue weighted by atomic mass is 19.1. The van der Waals surface area contributed by atoms with Crippen LogP contribution in [0.3, 0.4) is 0 Å². The smallest absolute Gasteiger partial charge is 0.308 e. The van der Waals surface area contributed by atoms with Crippen molar-refractivity contribution in [3.05, 3.63) is 39.4 Å². The van der Waals surface area contributed by atoms with Gasteiger partial charge in [-0.3, -0.25) is 14.9 Å².